The lowest BCUT2D eigenvalue weighted by Gasteiger charge is -2.14. The summed E-state index contributed by atoms with van der Waals surface area (Å²) >= 11 is 1.36. The number of carbonyl (C=O) groups excluding carboxylic acids is 4. The molecule has 0 radical (unpaired) electrons. The van der Waals surface area contributed by atoms with E-state index < -0.39 is 29.9 Å². The number of imide groups is 1. The molecule has 0 aromatic carbocycles. The average Bonchev–Trinajstić information content (AvgIpc) is 3.24. The smallest absolute Gasteiger partial charge is 0.341 e. The van der Waals surface area contributed by atoms with Crippen LogP contribution in [0, 0.1) is 5.92 Å². The van der Waals surface area contributed by atoms with E-state index in [-0.39, 0.29) is 19.1 Å². The molecule has 2 heterocycles. The van der Waals surface area contributed by atoms with Gasteiger partial charge in [-0.2, -0.15) is 0 Å². The molecule has 4 amide bonds. The van der Waals surface area contributed by atoms with Gasteiger partial charge in [-0.1, -0.05) is 13.8 Å². The second-order valence-corrected chi connectivity index (χ2v) is 8.49. The number of urea groups is 1. The van der Waals surface area contributed by atoms with Gasteiger partial charge in [-0.15, -0.1) is 11.3 Å². The highest BCUT2D eigenvalue weighted by atomic mass is 32.1. The molecule has 1 aliphatic heterocycles. The van der Waals surface area contributed by atoms with Crippen LogP contribution in [-0.2, 0) is 27.2 Å². The van der Waals surface area contributed by atoms with Crippen molar-refractivity contribution in [2.45, 2.75) is 52.5 Å². The van der Waals surface area contributed by atoms with Crippen LogP contribution in [0.2, 0.25) is 0 Å². The molecule has 1 saturated heterocycles. The third-order valence-corrected chi connectivity index (χ3v) is 5.98. The summed E-state index contributed by atoms with van der Waals surface area (Å²) in [5.41, 5.74) is 1.34. The van der Waals surface area contributed by atoms with Crippen LogP contribution >= 0.6 is 11.3 Å². The molecule has 1 atom stereocenters. The largest absolute Gasteiger partial charge is 0.462 e. The molecule has 0 unspecified atom stereocenters. The van der Waals surface area contributed by atoms with E-state index in [2.05, 4.69) is 10.6 Å². The lowest BCUT2D eigenvalue weighted by Crippen LogP contribution is -2.38. The Kier molecular flexibility index (Phi) is 6.02. The Morgan fingerprint density at radius 2 is 2.07 bits per heavy atom. The third kappa shape index (κ3) is 4.04. The normalized spacial score (nSPS) is 18.4. The number of rotatable bonds is 7. The zero-order chi connectivity index (χ0) is 20.4. The minimum atomic E-state index is -0.596. The molecule has 3 rings (SSSR count). The summed E-state index contributed by atoms with van der Waals surface area (Å²) in [6, 6.07) is -1.16. The van der Waals surface area contributed by atoms with Crippen molar-refractivity contribution in [3.05, 3.63) is 16.0 Å². The molecule has 9 heteroatoms. The quantitative estimate of drug-likeness (QED) is 0.533. The van der Waals surface area contributed by atoms with Crippen LogP contribution in [0.15, 0.2) is 0 Å². The molecule has 2 N–H and O–H groups in total. The fourth-order valence-electron chi connectivity index (χ4n) is 3.58. The standard InChI is InChI=1S/C19H25N3O5S/c1-4-27-18(25)15-11-6-5-7-13(11)28-16(15)21-14(23)9-22-17(24)12(8-10(2)3)20-19(22)26/h10,12H,4-9H2,1-3H3,(H,20,26)(H,21,23)/t12-/m0/s1. The summed E-state index contributed by atoms with van der Waals surface area (Å²) in [5, 5.41) is 5.76. The van der Waals surface area contributed by atoms with Gasteiger partial charge in [0.25, 0.3) is 5.91 Å². The summed E-state index contributed by atoms with van der Waals surface area (Å²) < 4.78 is 5.14. The van der Waals surface area contributed by atoms with E-state index in [1.54, 1.807) is 6.92 Å². The van der Waals surface area contributed by atoms with Gasteiger partial charge in [-0.3, -0.25) is 14.5 Å². The maximum absolute atomic E-state index is 12.5. The fourth-order valence-corrected chi connectivity index (χ4v) is 4.87. The number of nitrogens with zero attached hydrogens (tertiary/aromatic N) is 1. The number of aryl methyl sites for hydroxylation is 1. The summed E-state index contributed by atoms with van der Waals surface area (Å²) in [7, 11) is 0. The molecule has 1 fully saturated rings. The first kappa shape index (κ1) is 20.3. The van der Waals surface area contributed by atoms with Crippen molar-refractivity contribution in [3.8, 4) is 0 Å². The number of anilines is 1. The molecule has 1 aliphatic carbocycles. The molecule has 2 aliphatic rings. The Bertz CT molecular complexity index is 817. The summed E-state index contributed by atoms with van der Waals surface area (Å²) in [5.74, 6) is -1.12. The Morgan fingerprint density at radius 1 is 1.32 bits per heavy atom. The maximum Gasteiger partial charge on any atom is 0.341 e. The Labute approximate surface area is 167 Å². The van der Waals surface area contributed by atoms with Gasteiger partial charge in [0.1, 0.15) is 17.6 Å². The van der Waals surface area contributed by atoms with E-state index >= 15 is 0 Å². The highest BCUT2D eigenvalue weighted by Gasteiger charge is 2.39. The first-order valence-corrected chi connectivity index (χ1v) is 10.4. The van der Waals surface area contributed by atoms with Gasteiger partial charge >= 0.3 is 12.0 Å². The van der Waals surface area contributed by atoms with Gasteiger partial charge in [0.05, 0.1) is 12.2 Å². The van der Waals surface area contributed by atoms with Crippen LogP contribution in [-0.4, -0.2) is 47.9 Å². The molecular formula is C19H25N3O5S. The molecule has 1 aromatic heterocycles. The topological polar surface area (TPSA) is 105 Å². The van der Waals surface area contributed by atoms with Crippen LogP contribution in [0.1, 0.15) is 54.4 Å². The van der Waals surface area contributed by atoms with Crippen LogP contribution in [0.5, 0.6) is 0 Å². The number of esters is 1. The zero-order valence-electron chi connectivity index (χ0n) is 16.3. The van der Waals surface area contributed by atoms with E-state index in [4.69, 9.17) is 4.74 Å². The minimum Gasteiger partial charge on any atom is -0.462 e. The van der Waals surface area contributed by atoms with E-state index in [0.29, 0.717) is 17.0 Å². The highest BCUT2D eigenvalue weighted by molar-refractivity contribution is 7.17. The van der Waals surface area contributed by atoms with Crippen molar-refractivity contribution >= 4 is 40.2 Å². The van der Waals surface area contributed by atoms with Crippen molar-refractivity contribution in [2.75, 3.05) is 18.5 Å². The average molecular weight is 407 g/mol. The van der Waals surface area contributed by atoms with Gasteiger partial charge in [0.2, 0.25) is 5.91 Å². The second-order valence-electron chi connectivity index (χ2n) is 7.39. The molecule has 0 saturated carbocycles. The number of hydrogen-bond acceptors (Lipinski definition) is 6. The summed E-state index contributed by atoms with van der Waals surface area (Å²) in [6.07, 6.45) is 3.14. The van der Waals surface area contributed by atoms with E-state index in [9.17, 15) is 19.2 Å². The Balaban J connectivity index is 1.71. The van der Waals surface area contributed by atoms with E-state index in [0.717, 1.165) is 34.6 Å². The van der Waals surface area contributed by atoms with Gasteiger partial charge in [0, 0.05) is 4.88 Å². The van der Waals surface area contributed by atoms with Crippen molar-refractivity contribution in [1.82, 2.24) is 10.2 Å². The van der Waals surface area contributed by atoms with Gasteiger partial charge in [-0.05, 0) is 44.1 Å². The lowest BCUT2D eigenvalue weighted by atomic mass is 10.0. The van der Waals surface area contributed by atoms with Crippen LogP contribution in [0.25, 0.3) is 0 Å². The predicted molar refractivity (Wildman–Crippen MR) is 104 cm³/mol. The molecule has 1 aromatic rings. The first-order valence-electron chi connectivity index (χ1n) is 9.55. The number of fused-ring (bicyclic) bond motifs is 1. The fraction of sp³-hybridized carbons (Fsp3) is 0.579. The van der Waals surface area contributed by atoms with Crippen LogP contribution < -0.4 is 10.6 Å². The van der Waals surface area contributed by atoms with E-state index in [1.165, 1.54) is 11.3 Å². The number of hydrogen-bond donors (Lipinski definition) is 2. The Hall–Kier alpha value is -2.42. The van der Waals surface area contributed by atoms with Crippen LogP contribution in [0.3, 0.4) is 0 Å². The number of nitrogens with one attached hydrogen (secondary N) is 2. The van der Waals surface area contributed by atoms with Gasteiger partial charge in [0.15, 0.2) is 0 Å². The molecule has 0 bridgehead atoms. The van der Waals surface area contributed by atoms with Crippen LogP contribution in [0.4, 0.5) is 9.80 Å². The van der Waals surface area contributed by atoms with E-state index in [1.807, 2.05) is 13.8 Å². The summed E-state index contributed by atoms with van der Waals surface area (Å²) in [6.45, 7) is 5.51. The first-order chi connectivity index (χ1) is 13.3. The van der Waals surface area contributed by atoms with Crippen molar-refractivity contribution in [1.29, 1.82) is 0 Å². The molecule has 152 valence electrons. The molecule has 8 nitrogen and oxygen atoms in total. The van der Waals surface area contributed by atoms with Crippen molar-refractivity contribution in [2.24, 2.45) is 5.92 Å². The minimum absolute atomic E-state index is 0.240. The number of thiophene rings is 1. The second kappa shape index (κ2) is 8.30. The monoisotopic (exact) mass is 407 g/mol. The number of ether oxygens (including phenoxy) is 1. The van der Waals surface area contributed by atoms with Crippen molar-refractivity contribution in [3.63, 3.8) is 0 Å². The zero-order valence-corrected chi connectivity index (χ0v) is 17.1. The Morgan fingerprint density at radius 3 is 2.75 bits per heavy atom. The predicted octanol–water partition coefficient (Wildman–Crippen LogP) is 2.32. The maximum atomic E-state index is 12.5. The van der Waals surface area contributed by atoms with Gasteiger partial charge in [-0.25, -0.2) is 9.59 Å². The summed E-state index contributed by atoms with van der Waals surface area (Å²) in [4.78, 5) is 51.4. The molecule has 0 spiro atoms. The number of amides is 4. The molecular weight excluding hydrogens is 382 g/mol. The van der Waals surface area contributed by atoms with Gasteiger partial charge < -0.3 is 15.4 Å². The third-order valence-electron chi connectivity index (χ3n) is 4.77. The SMILES string of the molecule is CCOC(=O)c1c(NC(=O)CN2C(=O)N[C@@H](CC(C)C)C2=O)sc2c1CCC2. The lowest BCUT2D eigenvalue weighted by molar-refractivity contribution is -0.131. The van der Waals surface area contributed by atoms with Crippen molar-refractivity contribution < 1.29 is 23.9 Å². The molecule has 28 heavy (non-hydrogen) atoms. The number of carbonyl (C=O) groups is 4. The highest BCUT2D eigenvalue weighted by Crippen LogP contribution is 2.39.